The first-order valence-corrected chi connectivity index (χ1v) is 10.2. The van der Waals surface area contributed by atoms with Crippen molar-refractivity contribution in [3.63, 3.8) is 0 Å². The highest BCUT2D eigenvalue weighted by atomic mass is 35.5. The average molecular weight is 446 g/mol. The van der Waals surface area contributed by atoms with Crippen LogP contribution in [0.1, 0.15) is 35.4 Å². The molecule has 2 atom stereocenters. The Bertz CT molecular complexity index is 1130. The van der Waals surface area contributed by atoms with Crippen molar-refractivity contribution >= 4 is 40.5 Å². The van der Waals surface area contributed by atoms with Gasteiger partial charge in [0.2, 0.25) is 6.23 Å². The molecule has 0 saturated carbocycles. The Hall–Kier alpha value is -2.40. The van der Waals surface area contributed by atoms with Crippen LogP contribution in [0.3, 0.4) is 0 Å². The number of fused-ring (bicyclic) bond motifs is 3. The van der Waals surface area contributed by atoms with Gasteiger partial charge in [-0.25, -0.2) is 5.01 Å². The van der Waals surface area contributed by atoms with Crippen LogP contribution < -0.4 is 4.74 Å². The monoisotopic (exact) mass is 444 g/mol. The van der Waals surface area contributed by atoms with Crippen molar-refractivity contribution in [2.45, 2.75) is 18.7 Å². The van der Waals surface area contributed by atoms with Crippen molar-refractivity contribution in [2.24, 2.45) is 5.10 Å². The molecule has 3 aromatic carbocycles. The fourth-order valence-corrected chi connectivity index (χ4v) is 4.47. The van der Waals surface area contributed by atoms with Gasteiger partial charge in [0, 0.05) is 22.0 Å². The van der Waals surface area contributed by atoms with Crippen LogP contribution in [-0.2, 0) is 0 Å². The number of phenols is 1. The predicted octanol–water partition coefficient (Wildman–Crippen LogP) is 6.59. The van der Waals surface area contributed by atoms with E-state index >= 15 is 0 Å². The van der Waals surface area contributed by atoms with E-state index in [1.54, 1.807) is 6.07 Å². The molecule has 5 rings (SSSR count). The average Bonchev–Trinajstić information content (AvgIpc) is 3.16. The van der Waals surface area contributed by atoms with Gasteiger partial charge in [0.25, 0.3) is 0 Å². The Morgan fingerprint density at radius 2 is 1.69 bits per heavy atom. The maximum absolute atomic E-state index is 10.6. The molecule has 3 aromatic rings. The first kappa shape index (κ1) is 18.6. The van der Waals surface area contributed by atoms with E-state index in [2.05, 4.69) is 0 Å². The fraction of sp³-hybridized carbons (Fsp3) is 0.136. The normalized spacial score (nSPS) is 20.0. The molecule has 0 bridgehead atoms. The Morgan fingerprint density at radius 3 is 2.48 bits per heavy atom. The molecule has 0 spiro atoms. The summed E-state index contributed by atoms with van der Waals surface area (Å²) < 4.78 is 6.25. The van der Waals surface area contributed by atoms with Crippen LogP contribution in [-0.4, -0.2) is 15.8 Å². The number of halogens is 3. The molecule has 0 amide bonds. The maximum Gasteiger partial charge on any atom is 0.217 e. The van der Waals surface area contributed by atoms with Crippen LogP contribution >= 0.6 is 34.8 Å². The van der Waals surface area contributed by atoms with E-state index in [1.165, 1.54) is 6.07 Å². The molecular formula is C22H15Cl3N2O2. The quantitative estimate of drug-likeness (QED) is 0.483. The minimum absolute atomic E-state index is 0.0345. The van der Waals surface area contributed by atoms with Gasteiger partial charge in [-0.3, -0.25) is 0 Å². The zero-order valence-corrected chi connectivity index (χ0v) is 17.3. The number of phenolic OH excluding ortho intramolecular Hbond substituents is 1. The van der Waals surface area contributed by atoms with Crippen LogP contribution in [0.4, 0.5) is 0 Å². The van der Waals surface area contributed by atoms with Gasteiger partial charge in [-0.1, -0.05) is 65.1 Å². The number of rotatable bonds is 2. The van der Waals surface area contributed by atoms with Gasteiger partial charge in [0.05, 0.1) is 22.3 Å². The highest BCUT2D eigenvalue weighted by Gasteiger charge is 2.42. The SMILES string of the molecule is Oc1c(Cl)cc(Cl)cc1[C@@H]1Oc2ccccc2[C@H]2CC(c3ccc(Cl)cc3)=NN21. The first-order chi connectivity index (χ1) is 14.0. The Kier molecular flexibility index (Phi) is 4.58. The van der Waals surface area contributed by atoms with E-state index in [-0.39, 0.29) is 16.8 Å². The number of ether oxygens (including phenoxy) is 1. The van der Waals surface area contributed by atoms with E-state index in [4.69, 9.17) is 44.6 Å². The van der Waals surface area contributed by atoms with Crippen LogP contribution in [0.15, 0.2) is 65.8 Å². The number of hydrazone groups is 1. The van der Waals surface area contributed by atoms with Gasteiger partial charge < -0.3 is 9.84 Å². The molecular weight excluding hydrogens is 431 g/mol. The molecule has 0 saturated heterocycles. The minimum Gasteiger partial charge on any atom is -0.506 e. The summed E-state index contributed by atoms with van der Waals surface area (Å²) in [6.45, 7) is 0. The summed E-state index contributed by atoms with van der Waals surface area (Å²) in [5.74, 6) is 0.691. The minimum atomic E-state index is -0.657. The van der Waals surface area contributed by atoms with E-state index in [1.807, 2.05) is 53.5 Å². The fourth-order valence-electron chi connectivity index (χ4n) is 3.83. The number of benzene rings is 3. The molecule has 2 aliphatic heterocycles. The van der Waals surface area contributed by atoms with Gasteiger partial charge in [-0.05, 0) is 35.9 Å². The zero-order valence-electron chi connectivity index (χ0n) is 15.0. The van der Waals surface area contributed by atoms with Crippen molar-refractivity contribution in [3.8, 4) is 11.5 Å². The molecule has 2 aliphatic rings. The standard InChI is InChI=1S/C22H15Cl3N2O2/c23-13-7-5-12(6-8-13)18-11-19-15-3-1-2-4-20(15)29-22(27(19)26-18)16-9-14(24)10-17(25)21(16)28/h1-10,19,22,28H,11H2/t19-,22+/m1/s1. The van der Waals surface area contributed by atoms with E-state index < -0.39 is 6.23 Å². The lowest BCUT2D eigenvalue weighted by Gasteiger charge is -2.38. The highest BCUT2D eigenvalue weighted by molar-refractivity contribution is 6.35. The molecule has 29 heavy (non-hydrogen) atoms. The van der Waals surface area contributed by atoms with E-state index in [0.717, 1.165) is 22.6 Å². The summed E-state index contributed by atoms with van der Waals surface area (Å²) in [4.78, 5) is 0. The topological polar surface area (TPSA) is 45.1 Å². The lowest BCUT2D eigenvalue weighted by atomic mass is 9.96. The van der Waals surface area contributed by atoms with Crippen LogP contribution in [0, 0.1) is 0 Å². The van der Waals surface area contributed by atoms with Gasteiger partial charge >= 0.3 is 0 Å². The Morgan fingerprint density at radius 1 is 0.931 bits per heavy atom. The number of hydrogen-bond acceptors (Lipinski definition) is 4. The molecule has 0 aromatic heterocycles. The Labute approximate surface area is 182 Å². The predicted molar refractivity (Wildman–Crippen MR) is 115 cm³/mol. The summed E-state index contributed by atoms with van der Waals surface area (Å²) >= 11 is 18.4. The summed E-state index contributed by atoms with van der Waals surface area (Å²) in [5.41, 5.74) is 3.44. The third kappa shape index (κ3) is 3.21. The number of aromatic hydroxyl groups is 1. The second kappa shape index (κ2) is 7.13. The molecule has 2 heterocycles. The highest BCUT2D eigenvalue weighted by Crippen LogP contribution is 2.49. The van der Waals surface area contributed by atoms with E-state index in [9.17, 15) is 5.11 Å². The van der Waals surface area contributed by atoms with Gasteiger partial charge in [-0.2, -0.15) is 5.10 Å². The third-order valence-electron chi connectivity index (χ3n) is 5.20. The van der Waals surface area contributed by atoms with Gasteiger partial charge in [0.1, 0.15) is 11.5 Å². The molecule has 1 N–H and O–H groups in total. The largest absolute Gasteiger partial charge is 0.506 e. The smallest absolute Gasteiger partial charge is 0.217 e. The van der Waals surface area contributed by atoms with Gasteiger partial charge in [-0.15, -0.1) is 0 Å². The molecule has 7 heteroatoms. The number of hydrogen-bond donors (Lipinski definition) is 1. The molecule has 0 radical (unpaired) electrons. The third-order valence-corrected chi connectivity index (χ3v) is 5.96. The maximum atomic E-state index is 10.6. The first-order valence-electron chi connectivity index (χ1n) is 9.06. The zero-order chi connectivity index (χ0) is 20.1. The number of nitrogens with zero attached hydrogens (tertiary/aromatic N) is 2. The summed E-state index contributed by atoms with van der Waals surface area (Å²) in [5, 5.41) is 18.6. The summed E-state index contributed by atoms with van der Waals surface area (Å²) in [6.07, 6.45) is 0.0454. The van der Waals surface area contributed by atoms with E-state index in [0.29, 0.717) is 22.0 Å². The van der Waals surface area contributed by atoms with Crippen LogP contribution in [0.5, 0.6) is 11.5 Å². The van der Waals surface area contributed by atoms with Crippen LogP contribution in [0.2, 0.25) is 15.1 Å². The lowest BCUT2D eigenvalue weighted by molar-refractivity contribution is -0.0203. The molecule has 0 aliphatic carbocycles. The van der Waals surface area contributed by atoms with Crippen molar-refractivity contribution < 1.29 is 9.84 Å². The molecule has 146 valence electrons. The second-order valence-electron chi connectivity index (χ2n) is 6.99. The Balaban J connectivity index is 1.63. The van der Waals surface area contributed by atoms with Crippen molar-refractivity contribution in [2.75, 3.05) is 0 Å². The molecule has 4 nitrogen and oxygen atoms in total. The lowest BCUT2D eigenvalue weighted by Crippen LogP contribution is -2.33. The second-order valence-corrected chi connectivity index (χ2v) is 8.27. The van der Waals surface area contributed by atoms with Crippen LogP contribution in [0.25, 0.3) is 0 Å². The van der Waals surface area contributed by atoms with Crippen molar-refractivity contribution in [1.29, 1.82) is 0 Å². The summed E-state index contributed by atoms with van der Waals surface area (Å²) in [7, 11) is 0. The molecule has 0 fully saturated rings. The van der Waals surface area contributed by atoms with Crippen molar-refractivity contribution in [3.05, 3.63) is 92.4 Å². The summed E-state index contributed by atoms with van der Waals surface area (Å²) in [6, 6.07) is 18.6. The van der Waals surface area contributed by atoms with Crippen molar-refractivity contribution in [1.82, 2.24) is 5.01 Å². The molecule has 0 unspecified atom stereocenters. The van der Waals surface area contributed by atoms with Gasteiger partial charge in [0.15, 0.2) is 0 Å². The number of para-hydroxylation sites is 1.